The zero-order valence-corrected chi connectivity index (χ0v) is 23.8. The summed E-state index contributed by atoms with van der Waals surface area (Å²) in [6.45, 7) is 2.93. The number of ether oxygens (including phenoxy) is 1. The molecule has 9 nitrogen and oxygen atoms in total. The minimum absolute atomic E-state index is 0.0455. The van der Waals surface area contributed by atoms with Crippen LogP contribution in [0.5, 0.6) is 5.75 Å². The van der Waals surface area contributed by atoms with Crippen molar-refractivity contribution >= 4 is 48.7 Å². The van der Waals surface area contributed by atoms with Crippen molar-refractivity contribution in [1.29, 1.82) is 0 Å². The standard InChI is InChI=1S/C27H30ClN3O6S2/c1-2-37-22-10-15-25(26(18-22)38(33,34)23-11-6-20(28)7-12-23)29-19-27(32)30-21-8-13-24(14-9-21)39(35,36)31-16-4-3-5-17-31/h6-15,18,29H,2-5,16-17,19H2,1H3,(H,30,32). The first-order valence-electron chi connectivity index (χ1n) is 12.5. The van der Waals surface area contributed by atoms with E-state index in [0.717, 1.165) is 19.3 Å². The molecule has 0 aromatic heterocycles. The lowest BCUT2D eigenvalue weighted by Crippen LogP contribution is -2.35. The van der Waals surface area contributed by atoms with Crippen LogP contribution in [0.4, 0.5) is 11.4 Å². The molecular weight excluding hydrogens is 562 g/mol. The quantitative estimate of drug-likeness (QED) is 0.347. The van der Waals surface area contributed by atoms with Crippen molar-refractivity contribution in [2.45, 2.75) is 40.9 Å². The van der Waals surface area contributed by atoms with Crippen LogP contribution in [0.15, 0.2) is 81.4 Å². The molecule has 2 N–H and O–H groups in total. The molecule has 1 saturated heterocycles. The Morgan fingerprint density at radius 2 is 1.54 bits per heavy atom. The SMILES string of the molecule is CCOc1ccc(NCC(=O)Nc2ccc(S(=O)(=O)N3CCCCC3)cc2)c(S(=O)(=O)c2ccc(Cl)cc2)c1. The van der Waals surface area contributed by atoms with Crippen LogP contribution in [0.25, 0.3) is 0 Å². The molecule has 0 atom stereocenters. The predicted octanol–water partition coefficient (Wildman–Crippen LogP) is 4.80. The summed E-state index contributed by atoms with van der Waals surface area (Å²) in [4.78, 5) is 12.8. The predicted molar refractivity (Wildman–Crippen MR) is 151 cm³/mol. The van der Waals surface area contributed by atoms with Crippen molar-refractivity contribution in [2.24, 2.45) is 0 Å². The summed E-state index contributed by atoms with van der Waals surface area (Å²) < 4.78 is 59.4. The van der Waals surface area contributed by atoms with Crippen LogP contribution in [0.3, 0.4) is 0 Å². The second kappa shape index (κ2) is 12.4. The highest BCUT2D eigenvalue weighted by atomic mass is 35.5. The highest BCUT2D eigenvalue weighted by Crippen LogP contribution is 2.32. The Bertz CT molecular complexity index is 1520. The van der Waals surface area contributed by atoms with Gasteiger partial charge >= 0.3 is 0 Å². The van der Waals surface area contributed by atoms with E-state index >= 15 is 0 Å². The summed E-state index contributed by atoms with van der Waals surface area (Å²) >= 11 is 5.92. The molecule has 208 valence electrons. The Morgan fingerprint density at radius 3 is 2.18 bits per heavy atom. The van der Waals surface area contributed by atoms with Crippen LogP contribution in [0.2, 0.25) is 5.02 Å². The van der Waals surface area contributed by atoms with Crippen LogP contribution in [-0.2, 0) is 24.7 Å². The summed E-state index contributed by atoms with van der Waals surface area (Å²) in [6.07, 6.45) is 2.71. The Balaban J connectivity index is 1.47. The average molecular weight is 592 g/mol. The molecule has 0 saturated carbocycles. The second-order valence-corrected chi connectivity index (χ2v) is 13.2. The third-order valence-electron chi connectivity index (χ3n) is 6.21. The maximum absolute atomic E-state index is 13.4. The van der Waals surface area contributed by atoms with Gasteiger partial charge in [0, 0.05) is 29.9 Å². The van der Waals surface area contributed by atoms with E-state index in [0.29, 0.717) is 36.2 Å². The lowest BCUT2D eigenvalue weighted by Gasteiger charge is -2.25. The summed E-state index contributed by atoms with van der Waals surface area (Å²) in [5.41, 5.74) is 0.645. The number of amides is 1. The molecule has 0 bridgehead atoms. The molecule has 1 heterocycles. The lowest BCUT2D eigenvalue weighted by atomic mass is 10.2. The lowest BCUT2D eigenvalue weighted by molar-refractivity contribution is -0.114. The number of carbonyl (C=O) groups excluding carboxylic acids is 1. The minimum Gasteiger partial charge on any atom is -0.494 e. The summed E-state index contributed by atoms with van der Waals surface area (Å²) in [7, 11) is -7.53. The van der Waals surface area contributed by atoms with E-state index in [2.05, 4.69) is 10.6 Å². The first-order valence-corrected chi connectivity index (χ1v) is 15.8. The van der Waals surface area contributed by atoms with Crippen LogP contribution in [0, 0.1) is 0 Å². The van der Waals surface area contributed by atoms with E-state index in [1.54, 1.807) is 19.1 Å². The highest BCUT2D eigenvalue weighted by Gasteiger charge is 2.26. The number of sulfonamides is 1. The number of piperidine rings is 1. The van der Waals surface area contributed by atoms with Gasteiger partial charge < -0.3 is 15.4 Å². The maximum atomic E-state index is 13.4. The van der Waals surface area contributed by atoms with Gasteiger partial charge in [0.1, 0.15) is 5.75 Å². The fourth-order valence-electron chi connectivity index (χ4n) is 4.21. The Hall–Kier alpha value is -3.12. The van der Waals surface area contributed by atoms with Crippen molar-refractivity contribution in [3.8, 4) is 5.75 Å². The highest BCUT2D eigenvalue weighted by molar-refractivity contribution is 7.91. The van der Waals surface area contributed by atoms with Gasteiger partial charge in [-0.15, -0.1) is 0 Å². The molecule has 0 aliphatic carbocycles. The van der Waals surface area contributed by atoms with Gasteiger partial charge in [0.25, 0.3) is 0 Å². The fraction of sp³-hybridized carbons (Fsp3) is 0.296. The summed E-state index contributed by atoms with van der Waals surface area (Å²) in [5.74, 6) is -0.0648. The molecule has 0 spiro atoms. The van der Waals surface area contributed by atoms with Gasteiger partial charge in [-0.2, -0.15) is 4.31 Å². The number of nitrogens with zero attached hydrogens (tertiary/aromatic N) is 1. The topological polar surface area (TPSA) is 122 Å². The molecule has 3 aromatic carbocycles. The molecular formula is C27H30ClN3O6S2. The normalized spacial score (nSPS) is 14.5. The van der Waals surface area contributed by atoms with Crippen molar-refractivity contribution in [2.75, 3.05) is 36.9 Å². The number of rotatable bonds is 10. The van der Waals surface area contributed by atoms with Crippen LogP contribution in [-0.4, -0.2) is 53.3 Å². The Kier molecular flexibility index (Phi) is 9.16. The van der Waals surface area contributed by atoms with Crippen molar-refractivity contribution < 1.29 is 26.4 Å². The number of hydrogen-bond donors (Lipinski definition) is 2. The van der Waals surface area contributed by atoms with Crippen molar-refractivity contribution in [1.82, 2.24) is 4.31 Å². The van der Waals surface area contributed by atoms with E-state index in [1.165, 1.54) is 58.9 Å². The van der Waals surface area contributed by atoms with Gasteiger partial charge in [-0.3, -0.25) is 4.79 Å². The second-order valence-electron chi connectivity index (χ2n) is 8.94. The van der Waals surface area contributed by atoms with Gasteiger partial charge in [-0.05, 0) is 80.4 Å². The number of benzene rings is 3. The van der Waals surface area contributed by atoms with E-state index < -0.39 is 25.8 Å². The van der Waals surface area contributed by atoms with Gasteiger partial charge in [0.2, 0.25) is 25.8 Å². The molecule has 1 aliphatic rings. The van der Waals surface area contributed by atoms with E-state index in [9.17, 15) is 21.6 Å². The Labute approximate surface area is 234 Å². The summed E-state index contributed by atoms with van der Waals surface area (Å²) in [5, 5.41) is 6.00. The molecule has 12 heteroatoms. The van der Waals surface area contributed by atoms with Gasteiger partial charge in [0.15, 0.2) is 0 Å². The molecule has 0 unspecified atom stereocenters. The van der Waals surface area contributed by atoms with Gasteiger partial charge in [0.05, 0.1) is 33.5 Å². The first kappa shape index (κ1) is 28.9. The zero-order chi connectivity index (χ0) is 28.0. The number of halogens is 1. The van der Waals surface area contributed by atoms with Gasteiger partial charge in [-0.1, -0.05) is 18.0 Å². The molecule has 39 heavy (non-hydrogen) atoms. The molecule has 4 rings (SSSR count). The molecule has 1 aliphatic heterocycles. The van der Waals surface area contributed by atoms with E-state index in [-0.39, 0.29) is 26.9 Å². The van der Waals surface area contributed by atoms with Crippen LogP contribution >= 0.6 is 11.6 Å². The monoisotopic (exact) mass is 591 g/mol. The average Bonchev–Trinajstić information content (AvgIpc) is 2.93. The smallest absolute Gasteiger partial charge is 0.243 e. The zero-order valence-electron chi connectivity index (χ0n) is 21.4. The first-order chi connectivity index (χ1) is 18.6. The molecule has 1 amide bonds. The number of anilines is 2. The Morgan fingerprint density at radius 1 is 0.897 bits per heavy atom. The third-order valence-corrected chi connectivity index (χ3v) is 10.2. The van der Waals surface area contributed by atoms with Crippen LogP contribution < -0.4 is 15.4 Å². The number of nitrogens with one attached hydrogen (secondary N) is 2. The van der Waals surface area contributed by atoms with Crippen molar-refractivity contribution in [3.63, 3.8) is 0 Å². The molecule has 0 radical (unpaired) electrons. The third kappa shape index (κ3) is 6.91. The summed E-state index contributed by atoms with van der Waals surface area (Å²) in [6, 6.07) is 16.4. The molecule has 3 aromatic rings. The maximum Gasteiger partial charge on any atom is 0.243 e. The number of sulfone groups is 1. The van der Waals surface area contributed by atoms with E-state index in [4.69, 9.17) is 16.3 Å². The minimum atomic E-state index is -3.96. The van der Waals surface area contributed by atoms with Gasteiger partial charge in [-0.25, -0.2) is 16.8 Å². The van der Waals surface area contributed by atoms with E-state index in [1.807, 2.05) is 0 Å². The fourth-order valence-corrected chi connectivity index (χ4v) is 7.31. The van der Waals surface area contributed by atoms with Crippen molar-refractivity contribution in [3.05, 3.63) is 71.8 Å². The molecule has 1 fully saturated rings. The number of hydrogen-bond acceptors (Lipinski definition) is 7. The number of carbonyl (C=O) groups is 1. The van der Waals surface area contributed by atoms with Crippen LogP contribution in [0.1, 0.15) is 26.2 Å². The largest absolute Gasteiger partial charge is 0.494 e.